The topological polar surface area (TPSA) is 11.4 Å². The fourth-order valence-corrected chi connectivity index (χ4v) is 11.8. The molecule has 0 amide bonds. The first-order valence-electron chi connectivity index (χ1n) is 27.2. The fourth-order valence-electron chi connectivity index (χ4n) is 11.8. The van der Waals surface area contributed by atoms with E-state index in [-0.39, 0.29) is 35.4 Å². The molecule has 13 aromatic rings. The lowest BCUT2D eigenvalue weighted by Gasteiger charge is -2.35. The number of benzene rings is 12. The number of rotatable bonds is 10. The molecule has 348 valence electrons. The first-order chi connectivity index (χ1) is 38.4. The van der Waals surface area contributed by atoms with Crippen molar-refractivity contribution >= 4 is 66.7 Å². The van der Waals surface area contributed by atoms with Crippen LogP contribution in [0.2, 0.25) is 0 Å². The van der Waals surface area contributed by atoms with Crippen LogP contribution in [0.5, 0.6) is 0 Å². The summed E-state index contributed by atoms with van der Waals surface area (Å²) in [5.41, 5.74) is 14.7. The Labute approximate surface area is 437 Å². The molecule has 0 radical (unpaired) electrons. The van der Waals surface area contributed by atoms with Gasteiger partial charge in [-0.25, -0.2) is 0 Å². The van der Waals surface area contributed by atoms with Crippen molar-refractivity contribution in [2.24, 2.45) is 0 Å². The van der Waals surface area contributed by atoms with E-state index in [2.05, 4.69) is 191 Å². The molecule has 14 rings (SSSR count). The number of para-hydroxylation sites is 4. The number of nitrogens with zero attached hydrogens (tertiary/aromatic N) is 3. The van der Waals surface area contributed by atoms with Crippen molar-refractivity contribution in [2.45, 2.75) is 5.41 Å². The summed E-state index contributed by atoms with van der Waals surface area (Å²) in [5, 5.41) is 3.98. The molecular formula is C71H49N3. The average molecular weight is 948 g/mol. The molecule has 1 aromatic heterocycles. The second-order valence-electron chi connectivity index (χ2n) is 18.9. The van der Waals surface area contributed by atoms with Gasteiger partial charge in [-0.05, 0) is 141 Å². The quantitative estimate of drug-likeness (QED) is 0.135. The van der Waals surface area contributed by atoms with Gasteiger partial charge in [0.15, 0.2) is 0 Å². The first kappa shape index (κ1) is 39.0. The molecule has 1 aliphatic rings. The molecule has 0 aliphatic heterocycles. The minimum atomic E-state index is -0.690. The molecule has 0 saturated carbocycles. The summed E-state index contributed by atoms with van der Waals surface area (Å²) in [4.78, 5) is 4.18. The van der Waals surface area contributed by atoms with Crippen LogP contribution in [0.4, 0.5) is 34.1 Å². The normalized spacial score (nSPS) is 13.2. The van der Waals surface area contributed by atoms with E-state index in [0.717, 1.165) is 88.8 Å². The largest absolute Gasteiger partial charge is 0.310 e. The van der Waals surface area contributed by atoms with Gasteiger partial charge < -0.3 is 14.4 Å². The Morgan fingerprint density at radius 3 is 1.54 bits per heavy atom. The smallest absolute Gasteiger partial charge is 0.0714 e. The third kappa shape index (κ3) is 6.89. The lowest BCUT2D eigenvalue weighted by Crippen LogP contribution is -2.28. The van der Waals surface area contributed by atoms with Crippen molar-refractivity contribution in [2.75, 3.05) is 9.80 Å². The highest BCUT2D eigenvalue weighted by Crippen LogP contribution is 2.57. The van der Waals surface area contributed by atoms with Gasteiger partial charge in [-0.2, -0.15) is 0 Å². The summed E-state index contributed by atoms with van der Waals surface area (Å²) in [7, 11) is 0. The number of hydrogen-bond acceptors (Lipinski definition) is 2. The zero-order chi connectivity index (χ0) is 52.5. The number of aromatic nitrogens is 1. The Bertz CT molecular complexity index is 4360. The molecular weight excluding hydrogens is 895 g/mol. The lowest BCUT2D eigenvalue weighted by molar-refractivity contribution is 0.768. The van der Waals surface area contributed by atoms with Gasteiger partial charge in [0.2, 0.25) is 0 Å². The van der Waals surface area contributed by atoms with E-state index in [4.69, 9.17) is 0 Å². The molecule has 0 fully saturated rings. The van der Waals surface area contributed by atoms with Crippen LogP contribution in [0.3, 0.4) is 0 Å². The lowest BCUT2D eigenvalue weighted by atomic mass is 9.67. The molecule has 0 spiro atoms. The molecule has 0 saturated heterocycles. The molecule has 1 heterocycles. The highest BCUT2D eigenvalue weighted by Gasteiger charge is 2.46. The molecule has 3 heteroatoms. The minimum absolute atomic E-state index is 0.124. The number of anilines is 6. The van der Waals surface area contributed by atoms with E-state index >= 15 is 0 Å². The van der Waals surface area contributed by atoms with Crippen molar-refractivity contribution < 1.29 is 5.48 Å². The fraction of sp³-hybridized carbons (Fsp3) is 0.0141. The van der Waals surface area contributed by atoms with Crippen molar-refractivity contribution in [3.8, 4) is 27.9 Å². The zero-order valence-electron chi connectivity index (χ0n) is 44.3. The van der Waals surface area contributed by atoms with E-state index in [0.29, 0.717) is 11.3 Å². The maximum absolute atomic E-state index is 10.0. The van der Waals surface area contributed by atoms with Gasteiger partial charge >= 0.3 is 0 Å². The van der Waals surface area contributed by atoms with Crippen LogP contribution in [-0.4, -0.2) is 4.57 Å². The van der Waals surface area contributed by atoms with Gasteiger partial charge in [-0.15, -0.1) is 0 Å². The van der Waals surface area contributed by atoms with Crippen molar-refractivity contribution in [1.29, 1.82) is 0 Å². The van der Waals surface area contributed by atoms with Crippen molar-refractivity contribution in [1.82, 2.24) is 4.57 Å². The summed E-state index contributed by atoms with van der Waals surface area (Å²) in [6.45, 7) is 0. The number of fused-ring (bicyclic) bond motifs is 7. The van der Waals surface area contributed by atoms with E-state index in [1.54, 1.807) is 0 Å². The second-order valence-corrected chi connectivity index (χ2v) is 18.9. The Kier molecular flexibility index (Phi) is 9.41. The van der Waals surface area contributed by atoms with E-state index in [1.807, 2.05) is 95.9 Å². The highest BCUT2D eigenvalue weighted by molar-refractivity contribution is 6.12. The Morgan fingerprint density at radius 1 is 0.311 bits per heavy atom. The van der Waals surface area contributed by atoms with Gasteiger partial charge in [0, 0.05) is 50.3 Å². The maximum atomic E-state index is 10.0. The third-order valence-corrected chi connectivity index (χ3v) is 14.9. The molecule has 0 bridgehead atoms. The third-order valence-electron chi connectivity index (χ3n) is 14.9. The van der Waals surface area contributed by atoms with Gasteiger partial charge in [-0.3, -0.25) is 0 Å². The van der Waals surface area contributed by atoms with E-state index in [1.165, 1.54) is 5.56 Å². The van der Waals surface area contributed by atoms with Crippen molar-refractivity contribution in [3.63, 3.8) is 0 Å². The van der Waals surface area contributed by atoms with Gasteiger partial charge in [0.05, 0.1) is 27.6 Å². The molecule has 0 atom stereocenters. The van der Waals surface area contributed by atoms with E-state index < -0.39 is 5.41 Å². The SMILES string of the molecule is [2H]c1c([2H])c(N(c2ccccc2)c2ccc3c(c2)C(c2ccccc2)(c2ccccc2)c2ccccc2-3)c([2H])c([2H])c1-c1cccc2c(N(c3ccccc3)c3ccc4c(c3)c3ccccc3n4-c3ccccc3)cccc12. The first-order valence-corrected chi connectivity index (χ1v) is 25.2. The maximum Gasteiger partial charge on any atom is 0.0714 e. The molecule has 0 N–H and O–H groups in total. The Balaban J connectivity index is 0.937. The van der Waals surface area contributed by atoms with Gasteiger partial charge in [0.25, 0.3) is 0 Å². The molecule has 3 nitrogen and oxygen atoms in total. The molecule has 1 aliphatic carbocycles. The number of hydrogen-bond donors (Lipinski definition) is 0. The second kappa shape index (κ2) is 17.9. The van der Waals surface area contributed by atoms with Gasteiger partial charge in [-0.1, -0.05) is 206 Å². The molecule has 0 unspecified atom stereocenters. The minimum Gasteiger partial charge on any atom is -0.310 e. The highest BCUT2D eigenvalue weighted by atomic mass is 15.1. The average Bonchev–Trinajstić information content (AvgIpc) is 4.14. The van der Waals surface area contributed by atoms with Crippen LogP contribution in [-0.2, 0) is 5.41 Å². The van der Waals surface area contributed by atoms with Crippen LogP contribution in [0.15, 0.2) is 297 Å². The summed E-state index contributed by atoms with van der Waals surface area (Å²) >= 11 is 0. The Morgan fingerprint density at radius 2 is 0.824 bits per heavy atom. The zero-order valence-corrected chi connectivity index (χ0v) is 40.3. The van der Waals surface area contributed by atoms with Crippen LogP contribution in [0.25, 0.3) is 60.5 Å². The van der Waals surface area contributed by atoms with Crippen LogP contribution in [0.1, 0.15) is 27.7 Å². The predicted molar refractivity (Wildman–Crippen MR) is 310 cm³/mol. The summed E-state index contributed by atoms with van der Waals surface area (Å²) in [6, 6.07) is 93.7. The van der Waals surface area contributed by atoms with Crippen molar-refractivity contribution in [3.05, 3.63) is 319 Å². The van der Waals surface area contributed by atoms with Crippen LogP contribution >= 0.6 is 0 Å². The monoisotopic (exact) mass is 947 g/mol. The summed E-state index contributed by atoms with van der Waals surface area (Å²) < 4.78 is 42.4. The summed E-state index contributed by atoms with van der Waals surface area (Å²) in [6.07, 6.45) is 0. The summed E-state index contributed by atoms with van der Waals surface area (Å²) in [5.74, 6) is 0. The molecule has 74 heavy (non-hydrogen) atoms. The van der Waals surface area contributed by atoms with Crippen LogP contribution < -0.4 is 9.80 Å². The predicted octanol–water partition coefficient (Wildman–Crippen LogP) is 18.9. The van der Waals surface area contributed by atoms with E-state index in [9.17, 15) is 5.48 Å². The standard InChI is InChI=1S/C71H49N3/c1-6-22-51(23-7-1)71(52-24-8-2-9-25-52)66-37-18-16-32-61(66)62-46-44-58(49-67(62)71)72(53-26-10-3-11-27-53)56-42-40-50(41-43-56)59-34-20-36-63-60(59)35-21-39-68(63)73(54-28-12-4-13-29-54)57-45-47-70-65(48-57)64-33-17-19-38-69(64)74(70)55-30-14-5-15-31-55/h1-49H/i40D,41D,42D,43D. The Hall–Kier alpha value is -9.70. The molecule has 12 aromatic carbocycles. The van der Waals surface area contributed by atoms with Gasteiger partial charge in [0.1, 0.15) is 0 Å². The van der Waals surface area contributed by atoms with Crippen LogP contribution in [0, 0.1) is 0 Å².